The largest absolute Gasteiger partial charge is 0.456 e. The molecule has 0 saturated heterocycles. The third kappa shape index (κ3) is 7.91. The average molecular weight is 500 g/mol. The van der Waals surface area contributed by atoms with Crippen LogP contribution in [0.25, 0.3) is 0 Å². The summed E-state index contributed by atoms with van der Waals surface area (Å²) in [5, 5.41) is 8.68. The van der Waals surface area contributed by atoms with Crippen LogP contribution in [0.2, 0.25) is 0 Å². The Bertz CT molecular complexity index is 873. The minimum Gasteiger partial charge on any atom is -0.456 e. The molecule has 0 aromatic carbocycles. The Balaban J connectivity index is 0.00000114. The van der Waals surface area contributed by atoms with Crippen LogP contribution in [0.4, 0.5) is 0 Å². The standard InChI is InChI=1S/C18H22N4O4S3.C2H7N/c1-18-10-29-16(22-18)12-9-28-14(21-12)7-19-13(23)6-11(4-2-3-5-27)26-15(24)8-20-17(18)25;1-2-3/h2,4,9,11,27H,3,5-8,10H2,1H3,(H,19,23)(H,20,25);2-3H2,1H3/b4-2+;. The molecule has 32 heavy (non-hydrogen) atoms. The quantitative estimate of drug-likeness (QED) is 0.279. The number of carbonyl (C=O) groups is 3. The van der Waals surface area contributed by atoms with Crippen LogP contribution in [-0.4, -0.2) is 64.0 Å². The second-order valence-electron chi connectivity index (χ2n) is 7.15. The van der Waals surface area contributed by atoms with Crippen LogP contribution in [0.1, 0.15) is 37.4 Å². The lowest BCUT2D eigenvalue weighted by atomic mass is 10.1. The number of rotatable bonds is 3. The van der Waals surface area contributed by atoms with Crippen molar-refractivity contribution in [2.45, 2.75) is 44.9 Å². The fraction of sp³-hybridized carbons (Fsp3) is 0.550. The van der Waals surface area contributed by atoms with E-state index in [0.717, 1.165) is 11.6 Å². The van der Waals surface area contributed by atoms with Gasteiger partial charge in [0.1, 0.15) is 33.9 Å². The van der Waals surface area contributed by atoms with Gasteiger partial charge >= 0.3 is 5.97 Å². The smallest absolute Gasteiger partial charge is 0.326 e. The van der Waals surface area contributed by atoms with Gasteiger partial charge in [-0.05, 0) is 31.7 Å². The topological polar surface area (TPSA) is 136 Å². The van der Waals surface area contributed by atoms with Crippen molar-refractivity contribution in [3.8, 4) is 0 Å². The van der Waals surface area contributed by atoms with Gasteiger partial charge in [0.15, 0.2) is 0 Å². The third-order valence-electron chi connectivity index (χ3n) is 4.24. The first-order valence-corrected chi connectivity index (χ1v) is 12.7. The molecule has 2 unspecified atom stereocenters. The third-order valence-corrected chi connectivity index (χ3v) is 6.63. The highest BCUT2D eigenvalue weighted by Gasteiger charge is 2.39. The summed E-state index contributed by atoms with van der Waals surface area (Å²) in [6.45, 7) is 4.37. The maximum absolute atomic E-state index is 12.6. The molecule has 1 aromatic heterocycles. The molecule has 12 heteroatoms. The van der Waals surface area contributed by atoms with Gasteiger partial charge in [0.05, 0.1) is 13.0 Å². The molecule has 4 N–H and O–H groups in total. The molecule has 2 amide bonds. The molecule has 9 nitrogen and oxygen atoms in total. The number of aliphatic imine (C=N–C) groups is 1. The molecular weight excluding hydrogens is 470 g/mol. The van der Waals surface area contributed by atoms with E-state index in [9.17, 15) is 14.4 Å². The SMILES string of the molecule is CC12CSC(=N1)c1csc(n1)CNC(=O)CC(/C=C/CCS)OC(=O)CNC2=O.CCN. The number of fused-ring (bicyclic) bond motifs is 4. The van der Waals surface area contributed by atoms with Crippen LogP contribution in [0, 0.1) is 0 Å². The highest BCUT2D eigenvalue weighted by atomic mass is 32.2. The first-order valence-electron chi connectivity index (χ1n) is 10.2. The van der Waals surface area contributed by atoms with Crippen molar-refractivity contribution in [3.63, 3.8) is 0 Å². The van der Waals surface area contributed by atoms with E-state index in [1.165, 1.54) is 23.1 Å². The van der Waals surface area contributed by atoms with Gasteiger partial charge in [-0.25, -0.2) is 4.98 Å². The summed E-state index contributed by atoms with van der Waals surface area (Å²) in [6.07, 6.45) is 3.44. The number of hydrogen-bond acceptors (Lipinski definition) is 10. The number of allylic oxidation sites excluding steroid dienone is 1. The summed E-state index contributed by atoms with van der Waals surface area (Å²) >= 11 is 7.00. The average Bonchev–Trinajstić information content (AvgIpc) is 3.38. The number of carbonyl (C=O) groups excluding carboxylic acids is 3. The van der Waals surface area contributed by atoms with E-state index < -0.39 is 17.6 Å². The Morgan fingerprint density at radius 2 is 2.09 bits per heavy atom. The van der Waals surface area contributed by atoms with E-state index in [2.05, 4.69) is 33.2 Å². The van der Waals surface area contributed by atoms with Crippen LogP contribution in [-0.2, 0) is 25.7 Å². The second kappa shape index (κ2) is 13.0. The number of hydrogen-bond donors (Lipinski definition) is 4. The van der Waals surface area contributed by atoms with E-state index in [-0.39, 0.29) is 31.3 Å². The number of amides is 2. The minimum atomic E-state index is -0.971. The van der Waals surface area contributed by atoms with Crippen LogP contribution in [0.15, 0.2) is 22.5 Å². The fourth-order valence-electron chi connectivity index (χ4n) is 2.69. The van der Waals surface area contributed by atoms with Crippen molar-refractivity contribution >= 4 is 58.6 Å². The van der Waals surface area contributed by atoms with Crippen molar-refractivity contribution in [1.29, 1.82) is 0 Å². The lowest BCUT2D eigenvalue weighted by Gasteiger charge is -2.19. The second-order valence-corrected chi connectivity index (χ2v) is 9.50. The molecule has 3 rings (SSSR count). The Kier molecular flexibility index (Phi) is 10.7. The summed E-state index contributed by atoms with van der Waals surface area (Å²) in [4.78, 5) is 46.1. The van der Waals surface area contributed by atoms with Crippen molar-refractivity contribution in [1.82, 2.24) is 15.6 Å². The normalized spacial score (nSPS) is 24.2. The number of aromatic nitrogens is 1. The van der Waals surface area contributed by atoms with Gasteiger partial charge in [0.25, 0.3) is 0 Å². The Morgan fingerprint density at radius 3 is 2.81 bits per heavy atom. The molecule has 2 aliphatic heterocycles. The molecule has 0 saturated carbocycles. The molecule has 4 bridgehead atoms. The number of nitrogens with zero attached hydrogens (tertiary/aromatic N) is 2. The molecule has 2 atom stereocenters. The van der Waals surface area contributed by atoms with Crippen LogP contribution in [0.5, 0.6) is 0 Å². The van der Waals surface area contributed by atoms with E-state index in [1.807, 2.05) is 18.4 Å². The highest BCUT2D eigenvalue weighted by Crippen LogP contribution is 2.31. The van der Waals surface area contributed by atoms with Gasteiger partial charge in [-0.2, -0.15) is 12.6 Å². The van der Waals surface area contributed by atoms with Gasteiger partial charge in [-0.1, -0.05) is 13.0 Å². The zero-order chi connectivity index (χ0) is 23.6. The minimum absolute atomic E-state index is 0.0126. The molecule has 0 aliphatic carbocycles. The Morgan fingerprint density at radius 1 is 1.34 bits per heavy atom. The molecular formula is C20H29N5O4S3. The molecule has 0 fully saturated rings. The molecule has 2 aliphatic rings. The predicted octanol–water partition coefficient (Wildman–Crippen LogP) is 1.28. The zero-order valence-corrected chi connectivity index (χ0v) is 20.7. The lowest BCUT2D eigenvalue weighted by Crippen LogP contribution is -2.46. The first kappa shape index (κ1) is 26.4. The van der Waals surface area contributed by atoms with Gasteiger partial charge in [-0.15, -0.1) is 23.1 Å². The van der Waals surface area contributed by atoms with E-state index >= 15 is 0 Å². The van der Waals surface area contributed by atoms with E-state index in [0.29, 0.717) is 28.7 Å². The summed E-state index contributed by atoms with van der Waals surface area (Å²) in [5.41, 5.74) is 4.57. The summed E-state index contributed by atoms with van der Waals surface area (Å²) < 4.78 is 5.38. The maximum atomic E-state index is 12.6. The molecule has 176 valence electrons. The number of ether oxygens (including phenoxy) is 1. The summed E-state index contributed by atoms with van der Waals surface area (Å²) in [5.74, 6) is -0.113. The number of nitrogens with one attached hydrogen (secondary N) is 2. The van der Waals surface area contributed by atoms with Crippen molar-refractivity contribution in [3.05, 3.63) is 28.2 Å². The van der Waals surface area contributed by atoms with Crippen molar-refractivity contribution in [2.75, 3.05) is 24.6 Å². The Hall–Kier alpha value is -1.89. The van der Waals surface area contributed by atoms with Gasteiger partial charge < -0.3 is 21.1 Å². The number of esters is 1. The molecule has 0 spiro atoms. The van der Waals surface area contributed by atoms with Crippen LogP contribution < -0.4 is 16.4 Å². The molecule has 0 radical (unpaired) electrons. The number of thioether (sulfide) groups is 1. The van der Waals surface area contributed by atoms with Crippen molar-refractivity contribution < 1.29 is 19.1 Å². The number of nitrogens with two attached hydrogens (primary N) is 1. The number of cyclic esters (lactones) is 1. The van der Waals surface area contributed by atoms with Gasteiger partial charge in [0, 0.05) is 11.1 Å². The number of thiazole rings is 1. The summed E-state index contributed by atoms with van der Waals surface area (Å²) in [7, 11) is 0. The van der Waals surface area contributed by atoms with Crippen molar-refractivity contribution in [2.24, 2.45) is 10.7 Å². The van der Waals surface area contributed by atoms with E-state index in [4.69, 9.17) is 10.5 Å². The zero-order valence-electron chi connectivity index (χ0n) is 18.1. The fourth-order valence-corrected chi connectivity index (χ4v) is 4.76. The lowest BCUT2D eigenvalue weighted by molar-refractivity contribution is -0.148. The van der Waals surface area contributed by atoms with E-state index in [1.54, 1.807) is 13.0 Å². The Labute approximate surface area is 201 Å². The summed E-state index contributed by atoms with van der Waals surface area (Å²) in [6, 6.07) is 0. The predicted molar refractivity (Wildman–Crippen MR) is 131 cm³/mol. The monoisotopic (exact) mass is 499 g/mol. The van der Waals surface area contributed by atoms with Gasteiger partial charge in [0.2, 0.25) is 11.8 Å². The van der Waals surface area contributed by atoms with Crippen LogP contribution >= 0.6 is 35.7 Å². The van der Waals surface area contributed by atoms with Gasteiger partial charge in [-0.3, -0.25) is 19.4 Å². The highest BCUT2D eigenvalue weighted by molar-refractivity contribution is 8.14. The maximum Gasteiger partial charge on any atom is 0.326 e. The number of thiol groups is 1. The van der Waals surface area contributed by atoms with Crippen LogP contribution in [0.3, 0.4) is 0 Å². The molecule has 3 heterocycles. The molecule has 1 aromatic rings. The first-order chi connectivity index (χ1) is 15.3.